The van der Waals surface area contributed by atoms with E-state index in [0.29, 0.717) is 0 Å². The summed E-state index contributed by atoms with van der Waals surface area (Å²) in [7, 11) is 4.32. The standard InChI is InChI=1S/C14H31N.C6H15N/c1-4-5-6-7-8-9-10-11-12-13-14-15(2)3;1-4-7(5-2)6-3/h4-14H2,1-3H3;4-6H2,1-3H3. The molecule has 0 amide bonds. The highest BCUT2D eigenvalue weighted by Crippen LogP contribution is 2.10. The summed E-state index contributed by atoms with van der Waals surface area (Å²) in [5, 5.41) is 0. The zero-order valence-electron chi connectivity index (χ0n) is 16.8. The lowest BCUT2D eigenvalue weighted by molar-refractivity contribution is 0.321. The van der Waals surface area contributed by atoms with Crippen LogP contribution in [-0.2, 0) is 0 Å². The molecule has 0 N–H and O–H groups in total. The molecule has 0 aliphatic rings. The normalized spacial score (nSPS) is 10.9. The van der Waals surface area contributed by atoms with Crippen molar-refractivity contribution in [1.29, 1.82) is 0 Å². The van der Waals surface area contributed by atoms with Gasteiger partial charge in [-0.2, -0.15) is 0 Å². The lowest BCUT2D eigenvalue weighted by atomic mass is 10.1. The van der Waals surface area contributed by atoms with Crippen molar-refractivity contribution in [2.45, 2.75) is 91.9 Å². The Hall–Kier alpha value is -0.0800. The largest absolute Gasteiger partial charge is 0.309 e. The molecule has 0 aromatic carbocycles. The van der Waals surface area contributed by atoms with Crippen LogP contribution in [0.2, 0.25) is 0 Å². The number of nitrogens with zero attached hydrogens (tertiary/aromatic N) is 2. The minimum absolute atomic E-state index is 1.19. The van der Waals surface area contributed by atoms with Gasteiger partial charge in [-0.15, -0.1) is 0 Å². The fraction of sp³-hybridized carbons (Fsp3) is 1.00. The molecule has 136 valence electrons. The van der Waals surface area contributed by atoms with Gasteiger partial charge >= 0.3 is 0 Å². The maximum absolute atomic E-state index is 2.38. The number of hydrogen-bond donors (Lipinski definition) is 0. The van der Waals surface area contributed by atoms with Gasteiger partial charge in [-0.25, -0.2) is 0 Å². The van der Waals surface area contributed by atoms with E-state index in [9.17, 15) is 0 Å². The first kappa shape index (κ1) is 24.2. The van der Waals surface area contributed by atoms with Gasteiger partial charge in [0.1, 0.15) is 0 Å². The topological polar surface area (TPSA) is 6.48 Å². The van der Waals surface area contributed by atoms with Crippen molar-refractivity contribution in [2.75, 3.05) is 40.3 Å². The summed E-state index contributed by atoms with van der Waals surface area (Å²) in [6.45, 7) is 13.7. The molecule has 0 radical (unpaired) electrons. The van der Waals surface area contributed by atoms with Gasteiger partial charge in [0.2, 0.25) is 0 Å². The molecule has 0 atom stereocenters. The monoisotopic (exact) mass is 314 g/mol. The van der Waals surface area contributed by atoms with E-state index in [-0.39, 0.29) is 0 Å². The molecule has 0 unspecified atom stereocenters. The predicted molar refractivity (Wildman–Crippen MR) is 104 cm³/mol. The van der Waals surface area contributed by atoms with E-state index in [1.54, 1.807) is 0 Å². The Balaban J connectivity index is 0. The van der Waals surface area contributed by atoms with Gasteiger partial charge in [-0.1, -0.05) is 85.5 Å². The third-order valence-corrected chi connectivity index (χ3v) is 4.30. The van der Waals surface area contributed by atoms with Crippen molar-refractivity contribution in [3.8, 4) is 0 Å². The summed E-state index contributed by atoms with van der Waals surface area (Å²) in [5.74, 6) is 0. The van der Waals surface area contributed by atoms with E-state index < -0.39 is 0 Å². The highest BCUT2D eigenvalue weighted by Gasteiger charge is 1.93. The van der Waals surface area contributed by atoms with Crippen molar-refractivity contribution in [1.82, 2.24) is 9.80 Å². The molecule has 0 bridgehead atoms. The minimum Gasteiger partial charge on any atom is -0.309 e. The predicted octanol–water partition coefficient (Wildman–Crippen LogP) is 5.82. The van der Waals surface area contributed by atoms with Gasteiger partial charge in [0.15, 0.2) is 0 Å². The zero-order valence-corrected chi connectivity index (χ0v) is 16.8. The second-order valence-electron chi connectivity index (χ2n) is 6.60. The summed E-state index contributed by atoms with van der Waals surface area (Å²) >= 11 is 0. The summed E-state index contributed by atoms with van der Waals surface area (Å²) in [6, 6.07) is 0. The van der Waals surface area contributed by atoms with Gasteiger partial charge in [-0.3, -0.25) is 0 Å². The molecule has 22 heavy (non-hydrogen) atoms. The fourth-order valence-electron chi connectivity index (χ4n) is 2.59. The van der Waals surface area contributed by atoms with Crippen LogP contribution in [0, 0.1) is 0 Å². The summed E-state index contributed by atoms with van der Waals surface area (Å²) in [6.07, 6.45) is 14.4. The maximum atomic E-state index is 2.38. The molecule has 0 aromatic rings. The maximum Gasteiger partial charge on any atom is -0.00248 e. The fourth-order valence-corrected chi connectivity index (χ4v) is 2.59. The van der Waals surface area contributed by atoms with Crippen LogP contribution in [0.25, 0.3) is 0 Å². The molecule has 0 aliphatic carbocycles. The molecule has 0 saturated carbocycles. The molecule has 0 spiro atoms. The van der Waals surface area contributed by atoms with Crippen LogP contribution < -0.4 is 0 Å². The first-order chi connectivity index (χ1) is 10.6. The van der Waals surface area contributed by atoms with Crippen LogP contribution in [0.1, 0.15) is 91.9 Å². The first-order valence-corrected chi connectivity index (χ1v) is 9.99. The van der Waals surface area contributed by atoms with Gasteiger partial charge in [0.05, 0.1) is 0 Å². The quantitative estimate of drug-likeness (QED) is 0.373. The molecule has 2 heteroatoms. The molecule has 0 fully saturated rings. The van der Waals surface area contributed by atoms with Gasteiger partial charge in [0, 0.05) is 0 Å². The van der Waals surface area contributed by atoms with Gasteiger partial charge < -0.3 is 9.80 Å². The number of unbranched alkanes of at least 4 members (excludes halogenated alkanes) is 9. The Kier molecular flexibility index (Phi) is 23.0. The lowest BCUT2D eigenvalue weighted by Gasteiger charge is -2.13. The SMILES string of the molecule is CCCCCCCCCCCCN(C)C.CCN(CC)CC. The number of rotatable bonds is 14. The summed E-state index contributed by atoms with van der Waals surface area (Å²) in [4.78, 5) is 4.66. The van der Waals surface area contributed by atoms with Crippen LogP contribution in [0.4, 0.5) is 0 Å². The summed E-state index contributed by atoms with van der Waals surface area (Å²) < 4.78 is 0. The van der Waals surface area contributed by atoms with Crippen LogP contribution >= 0.6 is 0 Å². The second kappa shape index (κ2) is 20.9. The molecular formula is C20H46N2. The third kappa shape index (κ3) is 22.2. The van der Waals surface area contributed by atoms with Crippen LogP contribution in [0.15, 0.2) is 0 Å². The van der Waals surface area contributed by atoms with E-state index in [1.807, 2.05) is 0 Å². The van der Waals surface area contributed by atoms with Gasteiger partial charge in [0.25, 0.3) is 0 Å². The van der Waals surface area contributed by atoms with Crippen LogP contribution in [-0.4, -0.2) is 50.1 Å². The van der Waals surface area contributed by atoms with Crippen molar-refractivity contribution >= 4 is 0 Å². The Labute approximate surface area is 142 Å². The Morgan fingerprint density at radius 3 is 1.14 bits per heavy atom. The molecule has 0 heterocycles. The number of hydrogen-bond acceptors (Lipinski definition) is 2. The van der Waals surface area contributed by atoms with E-state index in [4.69, 9.17) is 0 Å². The molecule has 2 nitrogen and oxygen atoms in total. The zero-order chi connectivity index (χ0) is 17.1. The minimum atomic E-state index is 1.19. The highest BCUT2D eigenvalue weighted by atomic mass is 15.1. The van der Waals surface area contributed by atoms with Crippen molar-refractivity contribution in [3.05, 3.63) is 0 Å². The highest BCUT2D eigenvalue weighted by molar-refractivity contribution is 4.49. The van der Waals surface area contributed by atoms with Crippen molar-refractivity contribution in [2.24, 2.45) is 0 Å². The van der Waals surface area contributed by atoms with Crippen molar-refractivity contribution in [3.63, 3.8) is 0 Å². The summed E-state index contributed by atoms with van der Waals surface area (Å²) in [5.41, 5.74) is 0. The Morgan fingerprint density at radius 2 is 0.864 bits per heavy atom. The molecule has 0 aliphatic heterocycles. The van der Waals surface area contributed by atoms with E-state index in [0.717, 1.165) is 0 Å². The molecule has 0 saturated heterocycles. The van der Waals surface area contributed by atoms with E-state index in [2.05, 4.69) is 51.6 Å². The smallest absolute Gasteiger partial charge is 0.00248 e. The lowest BCUT2D eigenvalue weighted by Crippen LogP contribution is -2.21. The molecule has 0 rings (SSSR count). The second-order valence-corrected chi connectivity index (χ2v) is 6.60. The molecule has 0 aromatic heterocycles. The first-order valence-electron chi connectivity index (χ1n) is 9.99. The van der Waals surface area contributed by atoms with E-state index >= 15 is 0 Å². The Bertz CT molecular complexity index is 171. The van der Waals surface area contributed by atoms with Crippen molar-refractivity contribution < 1.29 is 0 Å². The average molecular weight is 315 g/mol. The Morgan fingerprint density at radius 1 is 0.500 bits per heavy atom. The van der Waals surface area contributed by atoms with Crippen LogP contribution in [0.3, 0.4) is 0 Å². The van der Waals surface area contributed by atoms with Gasteiger partial charge in [-0.05, 0) is 46.7 Å². The third-order valence-electron chi connectivity index (χ3n) is 4.30. The van der Waals surface area contributed by atoms with Crippen LogP contribution in [0.5, 0.6) is 0 Å². The average Bonchev–Trinajstić information content (AvgIpc) is 2.51. The van der Waals surface area contributed by atoms with E-state index in [1.165, 1.54) is 90.4 Å². The molecular weight excluding hydrogens is 268 g/mol.